The van der Waals surface area contributed by atoms with Crippen LogP contribution in [0.25, 0.3) is 0 Å². The van der Waals surface area contributed by atoms with Gasteiger partial charge in [0.25, 0.3) is 0 Å². The molecule has 21 heavy (non-hydrogen) atoms. The van der Waals surface area contributed by atoms with Gasteiger partial charge in [-0.15, -0.1) is 10.2 Å². The molecule has 3 N–H and O–H groups in total. The Balaban J connectivity index is 2.00. The molecule has 1 saturated carbocycles. The van der Waals surface area contributed by atoms with Gasteiger partial charge in [0.1, 0.15) is 10.5 Å². The monoisotopic (exact) mass is 312 g/mol. The minimum atomic E-state index is -1.17. The van der Waals surface area contributed by atoms with E-state index in [0.29, 0.717) is 23.9 Å². The number of carbonyl (C=O) groups excluding carboxylic acids is 1. The summed E-state index contributed by atoms with van der Waals surface area (Å²) in [6.45, 7) is 3.89. The normalized spacial score (nSPS) is 25.3. The zero-order valence-corrected chi connectivity index (χ0v) is 13.0. The van der Waals surface area contributed by atoms with Crippen LogP contribution in [0.1, 0.15) is 44.0 Å². The van der Waals surface area contributed by atoms with Gasteiger partial charge in [-0.3, -0.25) is 5.32 Å². The molecule has 0 radical (unpaired) electrons. The van der Waals surface area contributed by atoms with Crippen molar-refractivity contribution in [2.24, 2.45) is 5.92 Å². The Morgan fingerprint density at radius 1 is 1.38 bits per heavy atom. The number of amides is 2. The van der Waals surface area contributed by atoms with E-state index >= 15 is 0 Å². The van der Waals surface area contributed by atoms with Gasteiger partial charge in [-0.2, -0.15) is 0 Å². The van der Waals surface area contributed by atoms with Gasteiger partial charge in [-0.25, -0.2) is 9.59 Å². The highest BCUT2D eigenvalue weighted by molar-refractivity contribution is 7.15. The van der Waals surface area contributed by atoms with E-state index in [0.717, 1.165) is 24.3 Å². The minimum Gasteiger partial charge on any atom is -0.480 e. The number of aryl methyl sites for hydroxylation is 1. The number of rotatable bonds is 4. The average molecular weight is 312 g/mol. The Morgan fingerprint density at radius 3 is 2.52 bits per heavy atom. The van der Waals surface area contributed by atoms with Crippen LogP contribution in [0.2, 0.25) is 0 Å². The lowest BCUT2D eigenvalue weighted by atomic mass is 9.75. The van der Waals surface area contributed by atoms with Gasteiger partial charge in [0.15, 0.2) is 0 Å². The first kappa shape index (κ1) is 15.7. The Morgan fingerprint density at radius 2 is 2.05 bits per heavy atom. The second kappa shape index (κ2) is 6.38. The van der Waals surface area contributed by atoms with Crippen molar-refractivity contribution >= 4 is 28.5 Å². The lowest BCUT2D eigenvalue weighted by molar-refractivity contribution is -0.146. The first-order valence-corrected chi connectivity index (χ1v) is 7.89. The largest absolute Gasteiger partial charge is 0.480 e. The SMILES string of the molecule is CCC1CCC(NC(=O)Nc2nnc(C)s2)(C(=O)O)CC1. The quantitative estimate of drug-likeness (QED) is 0.792. The summed E-state index contributed by atoms with van der Waals surface area (Å²) >= 11 is 1.25. The summed E-state index contributed by atoms with van der Waals surface area (Å²) in [6.07, 6.45) is 3.61. The van der Waals surface area contributed by atoms with Crippen LogP contribution < -0.4 is 10.6 Å². The highest BCUT2D eigenvalue weighted by atomic mass is 32.1. The van der Waals surface area contributed by atoms with Gasteiger partial charge in [0.05, 0.1) is 0 Å². The lowest BCUT2D eigenvalue weighted by Crippen LogP contribution is -2.57. The van der Waals surface area contributed by atoms with Gasteiger partial charge >= 0.3 is 12.0 Å². The van der Waals surface area contributed by atoms with Crippen LogP contribution in [0.3, 0.4) is 0 Å². The molecule has 1 aliphatic carbocycles. The van der Waals surface area contributed by atoms with E-state index in [4.69, 9.17) is 0 Å². The molecule has 0 aromatic carbocycles. The second-order valence-corrected chi connectivity index (χ2v) is 6.63. The van der Waals surface area contributed by atoms with Crippen molar-refractivity contribution in [2.75, 3.05) is 5.32 Å². The summed E-state index contributed by atoms with van der Waals surface area (Å²) in [5.41, 5.74) is -1.17. The summed E-state index contributed by atoms with van der Waals surface area (Å²) < 4.78 is 0. The minimum absolute atomic E-state index is 0.368. The molecule has 2 amide bonds. The van der Waals surface area contributed by atoms with E-state index in [9.17, 15) is 14.7 Å². The fourth-order valence-electron chi connectivity index (χ4n) is 2.66. The number of carboxylic acids is 1. The third kappa shape index (κ3) is 3.69. The van der Waals surface area contributed by atoms with Gasteiger partial charge in [0, 0.05) is 0 Å². The van der Waals surface area contributed by atoms with E-state index < -0.39 is 17.5 Å². The first-order chi connectivity index (χ1) is 9.95. The fraction of sp³-hybridized carbons (Fsp3) is 0.692. The number of nitrogens with zero attached hydrogens (tertiary/aromatic N) is 2. The van der Waals surface area contributed by atoms with E-state index in [-0.39, 0.29) is 0 Å². The maximum atomic E-state index is 12.0. The highest BCUT2D eigenvalue weighted by Gasteiger charge is 2.43. The molecule has 0 bridgehead atoms. The van der Waals surface area contributed by atoms with Crippen molar-refractivity contribution < 1.29 is 14.7 Å². The average Bonchev–Trinajstić information content (AvgIpc) is 2.84. The van der Waals surface area contributed by atoms with Crippen LogP contribution >= 0.6 is 11.3 Å². The van der Waals surface area contributed by atoms with Crippen LogP contribution in [0.4, 0.5) is 9.93 Å². The van der Waals surface area contributed by atoms with E-state index in [2.05, 4.69) is 27.8 Å². The van der Waals surface area contributed by atoms with Crippen molar-refractivity contribution in [2.45, 2.75) is 51.5 Å². The number of nitrogens with one attached hydrogen (secondary N) is 2. The third-order valence-corrected chi connectivity index (χ3v) is 4.80. The molecule has 116 valence electrons. The van der Waals surface area contributed by atoms with Crippen LogP contribution in [0.15, 0.2) is 0 Å². The number of carbonyl (C=O) groups is 2. The molecule has 0 aliphatic heterocycles. The standard InChI is InChI=1S/C13H20N4O3S/c1-3-9-4-6-13(7-5-9,10(18)19)15-11(20)14-12-17-16-8(2)21-12/h9H,3-7H2,1-2H3,(H,18,19)(H2,14,15,17,20). The van der Waals surface area contributed by atoms with E-state index in [1.54, 1.807) is 6.92 Å². The van der Waals surface area contributed by atoms with Gasteiger partial charge in [-0.1, -0.05) is 24.7 Å². The van der Waals surface area contributed by atoms with Gasteiger partial charge in [0.2, 0.25) is 5.13 Å². The zero-order valence-electron chi connectivity index (χ0n) is 12.2. The number of urea groups is 1. The number of hydrogen-bond acceptors (Lipinski definition) is 5. The number of anilines is 1. The summed E-state index contributed by atoms with van der Waals surface area (Å²) in [5.74, 6) is -0.422. The summed E-state index contributed by atoms with van der Waals surface area (Å²) in [5, 5.41) is 23.4. The Labute approximate surface area is 127 Å². The van der Waals surface area contributed by atoms with Crippen LogP contribution in [-0.2, 0) is 4.79 Å². The molecule has 2 rings (SSSR count). The lowest BCUT2D eigenvalue weighted by Gasteiger charge is -2.37. The second-order valence-electron chi connectivity index (χ2n) is 5.44. The molecule has 7 nitrogen and oxygen atoms in total. The molecular weight excluding hydrogens is 292 g/mol. The smallest absolute Gasteiger partial charge is 0.329 e. The van der Waals surface area contributed by atoms with Crippen molar-refractivity contribution in [3.05, 3.63) is 5.01 Å². The highest BCUT2D eigenvalue weighted by Crippen LogP contribution is 2.34. The Kier molecular flexibility index (Phi) is 4.76. The molecule has 0 unspecified atom stereocenters. The number of aliphatic carboxylic acids is 1. The number of carboxylic acid groups (broad SMARTS) is 1. The molecule has 1 aliphatic rings. The summed E-state index contributed by atoms with van der Waals surface area (Å²) in [7, 11) is 0. The van der Waals surface area contributed by atoms with Crippen molar-refractivity contribution in [1.29, 1.82) is 0 Å². The Bertz CT molecular complexity index is 523. The van der Waals surface area contributed by atoms with Gasteiger partial charge in [-0.05, 0) is 38.5 Å². The van der Waals surface area contributed by atoms with E-state index in [1.165, 1.54) is 11.3 Å². The number of hydrogen-bond donors (Lipinski definition) is 3. The molecule has 0 spiro atoms. The van der Waals surface area contributed by atoms with Crippen molar-refractivity contribution in [1.82, 2.24) is 15.5 Å². The molecule has 1 fully saturated rings. The van der Waals surface area contributed by atoms with Gasteiger partial charge < -0.3 is 10.4 Å². The van der Waals surface area contributed by atoms with Crippen LogP contribution in [0, 0.1) is 12.8 Å². The van der Waals surface area contributed by atoms with Crippen molar-refractivity contribution in [3.63, 3.8) is 0 Å². The molecule has 0 saturated heterocycles. The fourth-order valence-corrected chi connectivity index (χ4v) is 3.25. The Hall–Kier alpha value is -1.70. The molecule has 1 aromatic heterocycles. The molecule has 1 aromatic rings. The topological polar surface area (TPSA) is 104 Å². The zero-order chi connectivity index (χ0) is 15.5. The molecule has 0 atom stereocenters. The summed E-state index contributed by atoms with van der Waals surface area (Å²) in [6, 6.07) is -0.538. The number of aromatic nitrogens is 2. The van der Waals surface area contributed by atoms with Crippen LogP contribution in [-0.4, -0.2) is 32.8 Å². The maximum Gasteiger partial charge on any atom is 0.329 e. The summed E-state index contributed by atoms with van der Waals surface area (Å²) in [4.78, 5) is 23.6. The molecule has 8 heteroatoms. The maximum absolute atomic E-state index is 12.0. The third-order valence-electron chi connectivity index (χ3n) is 4.04. The predicted molar refractivity (Wildman–Crippen MR) is 79.4 cm³/mol. The van der Waals surface area contributed by atoms with E-state index in [1.807, 2.05) is 0 Å². The first-order valence-electron chi connectivity index (χ1n) is 7.08. The van der Waals surface area contributed by atoms with Crippen molar-refractivity contribution in [3.8, 4) is 0 Å². The predicted octanol–water partition coefficient (Wildman–Crippen LogP) is 2.39. The molecule has 1 heterocycles. The van der Waals surface area contributed by atoms with Crippen LogP contribution in [0.5, 0.6) is 0 Å². The molecular formula is C13H20N4O3S.